The average Bonchev–Trinajstić information content (AvgIpc) is 2.20. The molecular weight excluding hydrogens is 224 g/mol. The molecule has 0 aliphatic carbocycles. The van der Waals surface area contributed by atoms with Crippen molar-refractivity contribution in [3.63, 3.8) is 0 Å². The molecule has 1 amide bonds. The predicted octanol–water partition coefficient (Wildman–Crippen LogP) is 3.00. The van der Waals surface area contributed by atoms with Crippen LogP contribution >= 0.6 is 0 Å². The summed E-state index contributed by atoms with van der Waals surface area (Å²) in [7, 11) is 0. The van der Waals surface area contributed by atoms with Crippen molar-refractivity contribution in [2.24, 2.45) is 5.41 Å². The third-order valence-corrected chi connectivity index (χ3v) is 3.28. The molecule has 108 valence electrons. The Kier molecular flexibility index (Phi) is 6.35. The molecule has 0 radical (unpaired) electrons. The third-order valence-electron chi connectivity index (χ3n) is 3.28. The van der Waals surface area contributed by atoms with E-state index in [4.69, 9.17) is 0 Å². The van der Waals surface area contributed by atoms with E-state index in [9.17, 15) is 4.79 Å². The predicted molar refractivity (Wildman–Crippen MR) is 78.7 cm³/mol. The number of carbonyl (C=O) groups excluding carboxylic acids is 1. The van der Waals surface area contributed by atoms with Crippen LogP contribution in [-0.4, -0.2) is 47.4 Å². The van der Waals surface area contributed by atoms with Crippen molar-refractivity contribution < 1.29 is 4.79 Å². The quantitative estimate of drug-likeness (QED) is 0.755. The van der Waals surface area contributed by atoms with Crippen LogP contribution < -0.4 is 0 Å². The van der Waals surface area contributed by atoms with E-state index >= 15 is 0 Å². The van der Waals surface area contributed by atoms with Crippen LogP contribution in [0.25, 0.3) is 0 Å². The minimum absolute atomic E-state index is 0.166. The van der Waals surface area contributed by atoms with Crippen LogP contribution in [0, 0.1) is 5.41 Å². The second kappa shape index (κ2) is 6.55. The lowest BCUT2D eigenvalue weighted by atomic mass is 9.94. The molecule has 0 aromatic carbocycles. The van der Waals surface area contributed by atoms with Crippen molar-refractivity contribution in [3.05, 3.63) is 0 Å². The van der Waals surface area contributed by atoms with Crippen molar-refractivity contribution in [1.29, 1.82) is 0 Å². The van der Waals surface area contributed by atoms with Crippen LogP contribution in [0.1, 0.15) is 55.4 Å². The molecule has 0 aliphatic rings. The minimum atomic E-state index is -0.283. The van der Waals surface area contributed by atoms with Crippen LogP contribution in [0.3, 0.4) is 0 Å². The molecular formula is C15H32N2O. The van der Waals surface area contributed by atoms with E-state index in [1.165, 1.54) is 0 Å². The Morgan fingerprint density at radius 2 is 1.39 bits per heavy atom. The number of hydrogen-bond acceptors (Lipinski definition) is 2. The maximum absolute atomic E-state index is 12.3. The van der Waals surface area contributed by atoms with Crippen molar-refractivity contribution in [3.8, 4) is 0 Å². The topological polar surface area (TPSA) is 23.6 Å². The van der Waals surface area contributed by atoms with Gasteiger partial charge in [0, 0.05) is 30.6 Å². The SMILES string of the molecule is CCN(CCN(CC)C(C)(C)C)C(=O)C(C)(C)C. The number of hydrogen-bond donors (Lipinski definition) is 0. The normalized spacial score (nSPS) is 12.9. The van der Waals surface area contributed by atoms with E-state index in [1.807, 2.05) is 25.7 Å². The van der Waals surface area contributed by atoms with Gasteiger partial charge < -0.3 is 4.90 Å². The standard InChI is InChI=1S/C15H32N2O/c1-9-16(13(18)14(3,4)5)11-12-17(10-2)15(6,7)8/h9-12H2,1-8H3. The van der Waals surface area contributed by atoms with Gasteiger partial charge in [0.15, 0.2) is 0 Å². The van der Waals surface area contributed by atoms with E-state index < -0.39 is 0 Å². The summed E-state index contributed by atoms with van der Waals surface area (Å²) in [5.74, 6) is 0.245. The van der Waals surface area contributed by atoms with Crippen molar-refractivity contribution in [2.45, 2.75) is 60.9 Å². The van der Waals surface area contributed by atoms with Crippen molar-refractivity contribution >= 4 is 5.91 Å². The molecule has 0 aromatic heterocycles. The summed E-state index contributed by atoms with van der Waals surface area (Å²) in [6.07, 6.45) is 0. The minimum Gasteiger partial charge on any atom is -0.341 e. The Balaban J connectivity index is 4.53. The molecule has 0 heterocycles. The van der Waals surface area contributed by atoms with Gasteiger partial charge in [-0.05, 0) is 34.2 Å². The first-order valence-corrected chi connectivity index (χ1v) is 7.08. The summed E-state index contributed by atoms with van der Waals surface area (Å²) >= 11 is 0. The Labute approximate surface area is 114 Å². The highest BCUT2D eigenvalue weighted by molar-refractivity contribution is 5.81. The molecule has 0 spiro atoms. The van der Waals surface area contributed by atoms with Gasteiger partial charge >= 0.3 is 0 Å². The summed E-state index contributed by atoms with van der Waals surface area (Å²) in [6, 6.07) is 0. The monoisotopic (exact) mass is 256 g/mol. The second-order valence-electron chi connectivity index (χ2n) is 6.89. The van der Waals surface area contributed by atoms with Crippen LogP contribution in [0.2, 0.25) is 0 Å². The first kappa shape index (κ1) is 17.4. The summed E-state index contributed by atoms with van der Waals surface area (Å²) in [5.41, 5.74) is -0.117. The van der Waals surface area contributed by atoms with Crippen LogP contribution in [0.4, 0.5) is 0 Å². The van der Waals surface area contributed by atoms with Gasteiger partial charge in [0.1, 0.15) is 0 Å². The Morgan fingerprint density at radius 3 is 1.67 bits per heavy atom. The van der Waals surface area contributed by atoms with Gasteiger partial charge in [-0.1, -0.05) is 27.7 Å². The van der Waals surface area contributed by atoms with E-state index in [0.29, 0.717) is 0 Å². The summed E-state index contributed by atoms with van der Waals surface area (Å²) in [4.78, 5) is 16.6. The molecule has 3 nitrogen and oxygen atoms in total. The lowest BCUT2D eigenvalue weighted by Crippen LogP contribution is -2.48. The smallest absolute Gasteiger partial charge is 0.227 e. The third kappa shape index (κ3) is 5.38. The number of likely N-dealkylation sites (N-methyl/N-ethyl adjacent to an activating group) is 2. The van der Waals surface area contributed by atoms with E-state index in [0.717, 1.165) is 26.2 Å². The van der Waals surface area contributed by atoms with Crippen LogP contribution in [-0.2, 0) is 4.79 Å². The van der Waals surface area contributed by atoms with Gasteiger partial charge in [-0.25, -0.2) is 0 Å². The maximum Gasteiger partial charge on any atom is 0.227 e. The summed E-state index contributed by atoms with van der Waals surface area (Å²) < 4.78 is 0. The molecule has 0 aromatic rings. The fraction of sp³-hybridized carbons (Fsp3) is 0.933. The number of carbonyl (C=O) groups is 1. The fourth-order valence-corrected chi connectivity index (χ4v) is 2.09. The zero-order valence-electron chi connectivity index (χ0n) is 13.6. The van der Waals surface area contributed by atoms with Gasteiger partial charge in [-0.2, -0.15) is 0 Å². The zero-order chi connectivity index (χ0) is 14.6. The molecule has 0 saturated heterocycles. The first-order chi connectivity index (χ1) is 8.04. The lowest BCUT2D eigenvalue weighted by Gasteiger charge is -2.37. The van der Waals surface area contributed by atoms with Gasteiger partial charge in [-0.15, -0.1) is 0 Å². The molecule has 0 rings (SSSR count). The molecule has 0 bridgehead atoms. The molecule has 0 N–H and O–H groups in total. The van der Waals surface area contributed by atoms with Crippen molar-refractivity contribution in [2.75, 3.05) is 26.2 Å². The summed E-state index contributed by atoms with van der Waals surface area (Å²) in [5, 5.41) is 0. The molecule has 0 atom stereocenters. The Hall–Kier alpha value is -0.570. The van der Waals surface area contributed by atoms with Gasteiger partial charge in [-0.3, -0.25) is 9.69 Å². The Bertz CT molecular complexity index is 261. The zero-order valence-corrected chi connectivity index (χ0v) is 13.6. The highest BCUT2D eigenvalue weighted by atomic mass is 16.2. The van der Waals surface area contributed by atoms with Crippen molar-refractivity contribution in [1.82, 2.24) is 9.80 Å². The molecule has 3 heteroatoms. The average molecular weight is 256 g/mol. The van der Waals surface area contributed by atoms with E-state index in [1.54, 1.807) is 0 Å². The highest BCUT2D eigenvalue weighted by Crippen LogP contribution is 2.18. The maximum atomic E-state index is 12.3. The molecule has 0 fully saturated rings. The molecule has 0 aliphatic heterocycles. The number of nitrogens with zero attached hydrogens (tertiary/aromatic N) is 2. The fourth-order valence-electron chi connectivity index (χ4n) is 2.09. The largest absolute Gasteiger partial charge is 0.341 e. The van der Waals surface area contributed by atoms with Gasteiger partial charge in [0.05, 0.1) is 0 Å². The van der Waals surface area contributed by atoms with Crippen LogP contribution in [0.5, 0.6) is 0 Å². The van der Waals surface area contributed by atoms with E-state index in [-0.39, 0.29) is 16.9 Å². The second-order valence-corrected chi connectivity index (χ2v) is 6.89. The molecule has 0 saturated carbocycles. The molecule has 0 unspecified atom stereocenters. The first-order valence-electron chi connectivity index (χ1n) is 7.08. The number of amides is 1. The molecule has 18 heavy (non-hydrogen) atoms. The van der Waals surface area contributed by atoms with Gasteiger partial charge in [0.25, 0.3) is 0 Å². The van der Waals surface area contributed by atoms with Gasteiger partial charge in [0.2, 0.25) is 5.91 Å². The van der Waals surface area contributed by atoms with Crippen LogP contribution in [0.15, 0.2) is 0 Å². The highest BCUT2D eigenvalue weighted by Gasteiger charge is 2.27. The van der Waals surface area contributed by atoms with E-state index in [2.05, 4.69) is 39.5 Å². The summed E-state index contributed by atoms with van der Waals surface area (Å²) in [6.45, 7) is 20.4. The Morgan fingerprint density at radius 1 is 0.889 bits per heavy atom. The number of rotatable bonds is 5. The lowest BCUT2D eigenvalue weighted by molar-refractivity contribution is -0.139.